The number of fused-ring (bicyclic) bond motifs is 1. The van der Waals surface area contributed by atoms with E-state index in [1.807, 2.05) is 18.2 Å². The molecule has 0 bridgehead atoms. The van der Waals surface area contributed by atoms with Gasteiger partial charge in [0.15, 0.2) is 11.5 Å². The number of amides is 1. The van der Waals surface area contributed by atoms with Gasteiger partial charge in [-0.25, -0.2) is 4.98 Å². The molecule has 1 amide bonds. The van der Waals surface area contributed by atoms with Gasteiger partial charge in [0.1, 0.15) is 5.52 Å². The first-order chi connectivity index (χ1) is 10.1. The van der Waals surface area contributed by atoms with Crippen molar-refractivity contribution in [3.63, 3.8) is 0 Å². The zero-order valence-electron chi connectivity index (χ0n) is 11.4. The predicted molar refractivity (Wildman–Crippen MR) is 82.5 cm³/mol. The molecule has 3 rings (SSSR count). The Hall–Kier alpha value is -2.33. The highest BCUT2D eigenvalue weighted by atomic mass is 35.5. The summed E-state index contributed by atoms with van der Waals surface area (Å²) < 4.78 is 5.40. The third-order valence-corrected chi connectivity index (χ3v) is 3.46. The molecule has 4 nitrogen and oxygen atoms in total. The van der Waals surface area contributed by atoms with Gasteiger partial charge in [-0.3, -0.25) is 4.79 Å². The molecular weight excluding hydrogens is 288 g/mol. The van der Waals surface area contributed by atoms with E-state index in [1.165, 1.54) is 0 Å². The maximum absolute atomic E-state index is 12.1. The minimum absolute atomic E-state index is 0.123. The fraction of sp³-hybridized carbons (Fsp3) is 0.125. The van der Waals surface area contributed by atoms with Crippen molar-refractivity contribution in [3.8, 4) is 0 Å². The maximum atomic E-state index is 12.1. The number of hydrogen-bond donors (Lipinski definition) is 1. The molecule has 1 heterocycles. The molecule has 0 fully saturated rings. The average Bonchev–Trinajstić information content (AvgIpc) is 2.80. The summed E-state index contributed by atoms with van der Waals surface area (Å²) in [5, 5.41) is 3.43. The normalized spacial score (nSPS) is 10.8. The van der Waals surface area contributed by atoms with E-state index < -0.39 is 0 Å². The highest BCUT2D eigenvalue weighted by Crippen LogP contribution is 2.20. The average molecular weight is 301 g/mol. The van der Waals surface area contributed by atoms with Crippen molar-refractivity contribution >= 4 is 34.3 Å². The van der Waals surface area contributed by atoms with Crippen LogP contribution in [0.1, 0.15) is 11.5 Å². The van der Waals surface area contributed by atoms with Gasteiger partial charge < -0.3 is 9.73 Å². The monoisotopic (exact) mass is 300 g/mol. The van der Waals surface area contributed by atoms with Gasteiger partial charge in [-0.1, -0.05) is 29.8 Å². The Kier molecular flexibility index (Phi) is 3.62. The van der Waals surface area contributed by atoms with Crippen LogP contribution in [0.2, 0.25) is 5.02 Å². The number of anilines is 1. The number of carbonyl (C=O) groups excluding carboxylic acids is 1. The van der Waals surface area contributed by atoms with Crippen molar-refractivity contribution in [2.75, 3.05) is 5.32 Å². The molecule has 2 aromatic carbocycles. The highest BCUT2D eigenvalue weighted by Gasteiger charge is 2.08. The predicted octanol–water partition coefficient (Wildman–Crippen LogP) is 3.97. The SMILES string of the molecule is Cc1nc2cc(NC(=O)Cc3ccccc3Cl)ccc2o1. The van der Waals surface area contributed by atoms with Crippen LogP contribution in [0.4, 0.5) is 5.69 Å². The van der Waals surface area contributed by atoms with Gasteiger partial charge in [-0.15, -0.1) is 0 Å². The molecule has 0 aliphatic rings. The van der Waals surface area contributed by atoms with Crippen LogP contribution >= 0.6 is 11.6 Å². The van der Waals surface area contributed by atoms with E-state index in [9.17, 15) is 4.79 Å². The van der Waals surface area contributed by atoms with Gasteiger partial charge >= 0.3 is 0 Å². The van der Waals surface area contributed by atoms with E-state index in [4.69, 9.17) is 16.0 Å². The highest BCUT2D eigenvalue weighted by molar-refractivity contribution is 6.31. The Morgan fingerprint density at radius 1 is 1.29 bits per heavy atom. The second-order valence-electron chi connectivity index (χ2n) is 4.73. The minimum atomic E-state index is -0.123. The van der Waals surface area contributed by atoms with E-state index in [2.05, 4.69) is 10.3 Å². The van der Waals surface area contributed by atoms with Gasteiger partial charge in [0.2, 0.25) is 5.91 Å². The molecule has 0 spiro atoms. The molecule has 0 aliphatic heterocycles. The van der Waals surface area contributed by atoms with Crippen LogP contribution in [0, 0.1) is 6.92 Å². The summed E-state index contributed by atoms with van der Waals surface area (Å²) in [4.78, 5) is 16.3. The third kappa shape index (κ3) is 3.06. The Morgan fingerprint density at radius 3 is 2.90 bits per heavy atom. The number of carbonyl (C=O) groups is 1. The summed E-state index contributed by atoms with van der Waals surface area (Å²) in [5.41, 5.74) is 2.92. The van der Waals surface area contributed by atoms with Crippen LogP contribution in [0.15, 0.2) is 46.9 Å². The van der Waals surface area contributed by atoms with Crippen molar-refractivity contribution in [3.05, 3.63) is 58.9 Å². The molecule has 0 unspecified atom stereocenters. The van der Waals surface area contributed by atoms with E-state index in [-0.39, 0.29) is 12.3 Å². The largest absolute Gasteiger partial charge is 0.441 e. The summed E-state index contributed by atoms with van der Waals surface area (Å²) in [6, 6.07) is 12.7. The zero-order chi connectivity index (χ0) is 14.8. The van der Waals surface area contributed by atoms with Crippen molar-refractivity contribution in [1.29, 1.82) is 0 Å². The molecule has 106 valence electrons. The topological polar surface area (TPSA) is 55.1 Å². The van der Waals surface area contributed by atoms with Crippen LogP contribution in [-0.2, 0) is 11.2 Å². The van der Waals surface area contributed by atoms with Gasteiger partial charge in [-0.2, -0.15) is 0 Å². The lowest BCUT2D eigenvalue weighted by atomic mass is 10.1. The van der Waals surface area contributed by atoms with E-state index in [1.54, 1.807) is 31.2 Å². The van der Waals surface area contributed by atoms with Crippen molar-refractivity contribution in [2.24, 2.45) is 0 Å². The molecule has 0 aliphatic carbocycles. The van der Waals surface area contributed by atoms with Gasteiger partial charge in [0.05, 0.1) is 6.42 Å². The number of nitrogens with one attached hydrogen (secondary N) is 1. The first kappa shape index (κ1) is 13.6. The molecule has 21 heavy (non-hydrogen) atoms. The van der Waals surface area contributed by atoms with E-state index >= 15 is 0 Å². The molecule has 0 radical (unpaired) electrons. The summed E-state index contributed by atoms with van der Waals surface area (Å²) in [5.74, 6) is 0.479. The van der Waals surface area contributed by atoms with Crippen LogP contribution in [-0.4, -0.2) is 10.9 Å². The quantitative estimate of drug-likeness (QED) is 0.796. The second-order valence-corrected chi connectivity index (χ2v) is 5.14. The van der Waals surface area contributed by atoms with E-state index in [0.717, 1.165) is 11.1 Å². The molecule has 0 saturated carbocycles. The lowest BCUT2D eigenvalue weighted by molar-refractivity contribution is -0.115. The summed E-state index contributed by atoms with van der Waals surface area (Å²) in [7, 11) is 0. The zero-order valence-corrected chi connectivity index (χ0v) is 12.1. The first-order valence-corrected chi connectivity index (χ1v) is 6.90. The van der Waals surface area contributed by atoms with Crippen LogP contribution in [0.25, 0.3) is 11.1 Å². The lowest BCUT2D eigenvalue weighted by Gasteiger charge is -2.06. The van der Waals surface area contributed by atoms with Crippen LogP contribution in [0.5, 0.6) is 0 Å². The Labute approximate surface area is 126 Å². The number of halogens is 1. The molecule has 5 heteroatoms. The van der Waals surface area contributed by atoms with Crippen LogP contribution in [0.3, 0.4) is 0 Å². The third-order valence-electron chi connectivity index (χ3n) is 3.09. The van der Waals surface area contributed by atoms with Gasteiger partial charge in [-0.05, 0) is 29.8 Å². The number of oxazole rings is 1. The first-order valence-electron chi connectivity index (χ1n) is 6.52. The van der Waals surface area contributed by atoms with Gasteiger partial charge in [0.25, 0.3) is 0 Å². The maximum Gasteiger partial charge on any atom is 0.228 e. The summed E-state index contributed by atoms with van der Waals surface area (Å²) in [6.07, 6.45) is 0.232. The molecule has 1 N–H and O–H groups in total. The number of aromatic nitrogens is 1. The fourth-order valence-electron chi connectivity index (χ4n) is 2.14. The smallest absolute Gasteiger partial charge is 0.228 e. The molecule has 0 atom stereocenters. The van der Waals surface area contributed by atoms with E-state index in [0.29, 0.717) is 22.2 Å². The lowest BCUT2D eigenvalue weighted by Crippen LogP contribution is -2.14. The van der Waals surface area contributed by atoms with Crippen molar-refractivity contribution in [2.45, 2.75) is 13.3 Å². The number of hydrogen-bond acceptors (Lipinski definition) is 3. The number of benzene rings is 2. The second kappa shape index (κ2) is 5.58. The van der Waals surface area contributed by atoms with Crippen LogP contribution < -0.4 is 5.32 Å². The molecule has 0 saturated heterocycles. The van der Waals surface area contributed by atoms with Crippen molar-refractivity contribution in [1.82, 2.24) is 4.98 Å². The standard InChI is InChI=1S/C16H13ClN2O2/c1-10-18-14-9-12(6-7-15(14)21-10)19-16(20)8-11-4-2-3-5-13(11)17/h2-7,9H,8H2,1H3,(H,19,20). The minimum Gasteiger partial charge on any atom is -0.441 e. The number of rotatable bonds is 3. The molecular formula is C16H13ClN2O2. The Balaban J connectivity index is 1.75. The Bertz CT molecular complexity index is 811. The summed E-state index contributed by atoms with van der Waals surface area (Å²) in [6.45, 7) is 1.79. The number of nitrogens with zero attached hydrogens (tertiary/aromatic N) is 1. The Morgan fingerprint density at radius 2 is 2.10 bits per heavy atom. The van der Waals surface area contributed by atoms with Gasteiger partial charge in [0, 0.05) is 17.6 Å². The fourth-order valence-corrected chi connectivity index (χ4v) is 2.34. The van der Waals surface area contributed by atoms with Crippen molar-refractivity contribution < 1.29 is 9.21 Å². The number of aryl methyl sites for hydroxylation is 1. The summed E-state index contributed by atoms with van der Waals surface area (Å²) >= 11 is 6.05. The molecule has 3 aromatic rings. The molecule has 1 aromatic heterocycles.